The summed E-state index contributed by atoms with van der Waals surface area (Å²) >= 11 is 0. The van der Waals surface area contributed by atoms with Crippen LogP contribution in [0.2, 0.25) is 0 Å². The summed E-state index contributed by atoms with van der Waals surface area (Å²) in [5.74, 6) is -1.02. The van der Waals surface area contributed by atoms with Crippen molar-refractivity contribution < 1.29 is 20.1 Å². The molecular formula is C12H24O4. The monoisotopic (exact) mass is 232 g/mol. The molecule has 0 amide bonds. The lowest BCUT2D eigenvalue weighted by Gasteiger charge is -2.26. The first-order valence-electron chi connectivity index (χ1n) is 5.67. The summed E-state index contributed by atoms with van der Waals surface area (Å²) in [5, 5.41) is 27.2. The van der Waals surface area contributed by atoms with Gasteiger partial charge in [0.2, 0.25) is 0 Å². The number of aliphatic hydroxyl groups excluding tert-OH is 1. The molecule has 0 spiro atoms. The van der Waals surface area contributed by atoms with Crippen molar-refractivity contribution in [3.05, 3.63) is 0 Å². The minimum Gasteiger partial charge on any atom is -0.479 e. The standard InChI is InChI=1S/C12H24O4/c1-9(7-11(2,3)4)5-6-12(16,8-13)10(14)15/h9,13,16H,5-8H2,1-4H3,(H,14,15). The number of aliphatic carboxylic acids is 1. The normalized spacial score (nSPS) is 17.9. The van der Waals surface area contributed by atoms with Crippen LogP contribution >= 0.6 is 0 Å². The van der Waals surface area contributed by atoms with Gasteiger partial charge in [-0.2, -0.15) is 0 Å². The number of hydrogen-bond donors (Lipinski definition) is 3. The zero-order valence-corrected chi connectivity index (χ0v) is 10.7. The van der Waals surface area contributed by atoms with Crippen molar-refractivity contribution in [3.8, 4) is 0 Å². The molecule has 2 unspecified atom stereocenters. The number of carbonyl (C=O) groups is 1. The predicted octanol–water partition coefficient (Wildman–Crippen LogP) is 1.65. The van der Waals surface area contributed by atoms with Crippen LogP contribution in [0.15, 0.2) is 0 Å². The minimum absolute atomic E-state index is 0.0933. The van der Waals surface area contributed by atoms with Gasteiger partial charge in [-0.25, -0.2) is 4.79 Å². The zero-order valence-electron chi connectivity index (χ0n) is 10.7. The molecule has 0 heterocycles. The van der Waals surface area contributed by atoms with Crippen molar-refractivity contribution >= 4 is 5.97 Å². The maximum atomic E-state index is 10.7. The molecule has 0 bridgehead atoms. The highest BCUT2D eigenvalue weighted by Gasteiger charge is 2.35. The van der Waals surface area contributed by atoms with Crippen LogP contribution in [0.5, 0.6) is 0 Å². The van der Waals surface area contributed by atoms with Crippen molar-refractivity contribution in [2.45, 2.75) is 52.6 Å². The summed E-state index contributed by atoms with van der Waals surface area (Å²) in [6, 6.07) is 0. The lowest BCUT2D eigenvalue weighted by Crippen LogP contribution is -2.42. The molecule has 0 fully saturated rings. The van der Waals surface area contributed by atoms with E-state index in [9.17, 15) is 9.90 Å². The van der Waals surface area contributed by atoms with Crippen molar-refractivity contribution in [2.75, 3.05) is 6.61 Å². The summed E-state index contributed by atoms with van der Waals surface area (Å²) in [5.41, 5.74) is -1.79. The van der Waals surface area contributed by atoms with Crippen molar-refractivity contribution in [3.63, 3.8) is 0 Å². The number of carboxylic acids is 1. The molecule has 4 nitrogen and oxygen atoms in total. The predicted molar refractivity (Wildman–Crippen MR) is 62.1 cm³/mol. The average Bonchev–Trinajstić information content (AvgIpc) is 2.11. The quantitative estimate of drug-likeness (QED) is 0.650. The zero-order chi connectivity index (χ0) is 13.0. The molecule has 3 N–H and O–H groups in total. The second-order valence-electron chi connectivity index (χ2n) is 5.90. The number of rotatable bonds is 6. The molecular weight excluding hydrogens is 208 g/mol. The molecule has 0 saturated heterocycles. The molecule has 2 atom stereocenters. The smallest absolute Gasteiger partial charge is 0.338 e. The fraction of sp³-hybridized carbons (Fsp3) is 0.917. The Morgan fingerprint density at radius 1 is 1.31 bits per heavy atom. The molecule has 4 heteroatoms. The Hall–Kier alpha value is -0.610. The van der Waals surface area contributed by atoms with Crippen molar-refractivity contribution in [2.24, 2.45) is 11.3 Å². The maximum absolute atomic E-state index is 10.7. The van der Waals surface area contributed by atoms with Gasteiger partial charge < -0.3 is 15.3 Å². The third-order valence-electron chi connectivity index (χ3n) is 2.67. The van der Waals surface area contributed by atoms with Crippen molar-refractivity contribution in [1.29, 1.82) is 0 Å². The Morgan fingerprint density at radius 2 is 1.81 bits per heavy atom. The number of carboxylic acid groups (broad SMARTS) is 1. The van der Waals surface area contributed by atoms with E-state index < -0.39 is 18.2 Å². The lowest BCUT2D eigenvalue weighted by molar-refractivity contribution is -0.164. The Morgan fingerprint density at radius 3 is 2.12 bits per heavy atom. The molecule has 0 rings (SSSR count). The van der Waals surface area contributed by atoms with E-state index >= 15 is 0 Å². The van der Waals surface area contributed by atoms with Crippen LogP contribution < -0.4 is 0 Å². The number of aliphatic hydroxyl groups is 2. The molecule has 0 aromatic heterocycles. The third kappa shape index (κ3) is 5.47. The second-order valence-corrected chi connectivity index (χ2v) is 5.90. The summed E-state index contributed by atoms with van der Waals surface area (Å²) in [7, 11) is 0. The molecule has 0 aliphatic rings. The molecule has 16 heavy (non-hydrogen) atoms. The molecule has 0 aliphatic heterocycles. The van der Waals surface area contributed by atoms with E-state index in [1.807, 2.05) is 6.92 Å². The molecule has 0 aromatic rings. The molecule has 0 radical (unpaired) electrons. The van der Waals surface area contributed by atoms with Gasteiger partial charge in [0.15, 0.2) is 5.60 Å². The van der Waals surface area contributed by atoms with Gasteiger partial charge in [0.1, 0.15) is 0 Å². The van der Waals surface area contributed by atoms with Gasteiger partial charge in [0.25, 0.3) is 0 Å². The van der Waals surface area contributed by atoms with E-state index in [1.54, 1.807) is 0 Å². The Bertz CT molecular complexity index is 232. The maximum Gasteiger partial charge on any atom is 0.338 e. The number of hydrogen-bond acceptors (Lipinski definition) is 3. The highest BCUT2D eigenvalue weighted by atomic mass is 16.4. The first kappa shape index (κ1) is 15.4. The van der Waals surface area contributed by atoms with E-state index in [1.165, 1.54) is 0 Å². The first-order valence-corrected chi connectivity index (χ1v) is 5.67. The van der Waals surface area contributed by atoms with Crippen LogP contribution in [-0.4, -0.2) is 33.5 Å². The Labute approximate surface area is 97.3 Å². The highest BCUT2D eigenvalue weighted by Crippen LogP contribution is 2.28. The topological polar surface area (TPSA) is 77.8 Å². The first-order chi connectivity index (χ1) is 7.10. The molecule has 96 valence electrons. The second kappa shape index (κ2) is 5.64. The van der Waals surface area contributed by atoms with Gasteiger partial charge in [-0.1, -0.05) is 27.7 Å². The van der Waals surface area contributed by atoms with Gasteiger partial charge >= 0.3 is 5.97 Å². The van der Waals surface area contributed by atoms with Crippen LogP contribution in [-0.2, 0) is 4.79 Å². The van der Waals surface area contributed by atoms with Crippen LogP contribution in [0.4, 0.5) is 0 Å². The van der Waals surface area contributed by atoms with Gasteiger partial charge in [0, 0.05) is 0 Å². The van der Waals surface area contributed by atoms with E-state index in [0.717, 1.165) is 6.42 Å². The van der Waals surface area contributed by atoms with Crippen LogP contribution in [0.3, 0.4) is 0 Å². The van der Waals surface area contributed by atoms with Gasteiger partial charge in [-0.15, -0.1) is 0 Å². The minimum atomic E-state index is -1.98. The SMILES string of the molecule is CC(CCC(O)(CO)C(=O)O)CC(C)(C)C. The van der Waals surface area contributed by atoms with E-state index in [0.29, 0.717) is 12.3 Å². The van der Waals surface area contributed by atoms with E-state index in [4.69, 9.17) is 10.2 Å². The lowest BCUT2D eigenvalue weighted by atomic mass is 9.82. The van der Waals surface area contributed by atoms with E-state index in [2.05, 4.69) is 20.8 Å². The Balaban J connectivity index is 4.18. The molecule has 0 aliphatic carbocycles. The van der Waals surface area contributed by atoms with Crippen LogP contribution in [0.25, 0.3) is 0 Å². The summed E-state index contributed by atoms with van der Waals surface area (Å²) in [6.45, 7) is 7.67. The fourth-order valence-electron chi connectivity index (χ4n) is 1.89. The van der Waals surface area contributed by atoms with Crippen molar-refractivity contribution in [1.82, 2.24) is 0 Å². The molecule has 0 aromatic carbocycles. The highest BCUT2D eigenvalue weighted by molar-refractivity contribution is 5.77. The average molecular weight is 232 g/mol. The van der Waals surface area contributed by atoms with Gasteiger partial charge in [0.05, 0.1) is 6.61 Å². The fourth-order valence-corrected chi connectivity index (χ4v) is 1.89. The summed E-state index contributed by atoms with van der Waals surface area (Å²) in [6.07, 6.45) is 1.66. The summed E-state index contributed by atoms with van der Waals surface area (Å²) < 4.78 is 0. The van der Waals surface area contributed by atoms with Gasteiger partial charge in [-0.3, -0.25) is 0 Å². The summed E-state index contributed by atoms with van der Waals surface area (Å²) in [4.78, 5) is 10.7. The van der Waals surface area contributed by atoms with Crippen LogP contribution in [0.1, 0.15) is 47.0 Å². The van der Waals surface area contributed by atoms with E-state index in [-0.39, 0.29) is 11.8 Å². The van der Waals surface area contributed by atoms with Crippen LogP contribution in [0, 0.1) is 11.3 Å². The third-order valence-corrected chi connectivity index (χ3v) is 2.67. The molecule has 0 saturated carbocycles. The Kier molecular flexibility index (Phi) is 5.42. The largest absolute Gasteiger partial charge is 0.479 e. The van der Waals surface area contributed by atoms with Gasteiger partial charge in [-0.05, 0) is 30.6 Å².